The Balaban J connectivity index is 2.01. The Morgan fingerprint density at radius 2 is 2.00 bits per heavy atom. The number of H-pyrrole nitrogens is 1. The van der Waals surface area contributed by atoms with Gasteiger partial charge in [0.2, 0.25) is 0 Å². The Kier molecular flexibility index (Phi) is 3.66. The van der Waals surface area contributed by atoms with Gasteiger partial charge in [-0.3, -0.25) is 9.59 Å². The number of nitrogens with one attached hydrogen (secondary N) is 1. The van der Waals surface area contributed by atoms with Crippen molar-refractivity contribution in [3.63, 3.8) is 0 Å². The summed E-state index contributed by atoms with van der Waals surface area (Å²) in [6, 6.07) is 7.76. The largest absolute Gasteiger partial charge is 0.480 e. The van der Waals surface area contributed by atoms with Crippen LogP contribution >= 0.6 is 0 Å². The molecule has 22 heavy (non-hydrogen) atoms. The molecule has 0 bridgehead atoms. The summed E-state index contributed by atoms with van der Waals surface area (Å²) >= 11 is 0. The van der Waals surface area contributed by atoms with Gasteiger partial charge in [0.05, 0.1) is 0 Å². The number of nitrogens with zero attached hydrogens (tertiary/aromatic N) is 1. The number of hydrogen-bond acceptors (Lipinski definition) is 3. The van der Waals surface area contributed by atoms with E-state index in [1.165, 1.54) is 4.90 Å². The van der Waals surface area contributed by atoms with Crippen LogP contribution in [0.2, 0.25) is 0 Å². The average molecular weight is 300 g/mol. The van der Waals surface area contributed by atoms with E-state index in [9.17, 15) is 19.5 Å². The van der Waals surface area contributed by atoms with Gasteiger partial charge in [0.25, 0.3) is 11.5 Å². The van der Waals surface area contributed by atoms with Crippen LogP contribution in [-0.4, -0.2) is 39.5 Å². The van der Waals surface area contributed by atoms with E-state index in [-0.39, 0.29) is 11.3 Å². The van der Waals surface area contributed by atoms with Crippen LogP contribution in [0.3, 0.4) is 0 Å². The van der Waals surface area contributed by atoms with E-state index < -0.39 is 17.9 Å². The van der Waals surface area contributed by atoms with Gasteiger partial charge < -0.3 is 15.0 Å². The van der Waals surface area contributed by atoms with Gasteiger partial charge in [-0.1, -0.05) is 18.2 Å². The molecule has 1 atom stereocenters. The first-order chi connectivity index (χ1) is 10.6. The Bertz CT molecular complexity index is 796. The first-order valence-electron chi connectivity index (χ1n) is 7.24. The molecule has 1 saturated heterocycles. The molecule has 2 heterocycles. The molecular weight excluding hydrogens is 284 g/mol. The fraction of sp³-hybridized carbons (Fsp3) is 0.312. The minimum absolute atomic E-state index is 0.136. The van der Waals surface area contributed by atoms with Gasteiger partial charge in [0.1, 0.15) is 11.7 Å². The van der Waals surface area contributed by atoms with Gasteiger partial charge in [0.15, 0.2) is 0 Å². The number of carboxylic acids is 1. The number of likely N-dealkylation sites (tertiary alicyclic amines) is 1. The number of rotatable bonds is 2. The average Bonchev–Trinajstić information content (AvgIpc) is 2.54. The molecule has 1 amide bonds. The van der Waals surface area contributed by atoms with Crippen LogP contribution in [0.5, 0.6) is 0 Å². The van der Waals surface area contributed by atoms with Crippen LogP contribution < -0.4 is 5.56 Å². The molecule has 0 spiro atoms. The van der Waals surface area contributed by atoms with Gasteiger partial charge in [-0.2, -0.15) is 0 Å². The lowest BCUT2D eigenvalue weighted by molar-refractivity contribution is -0.143. The molecule has 3 rings (SSSR count). The molecule has 1 aromatic heterocycles. The predicted octanol–water partition coefficient (Wildman–Crippen LogP) is 1.61. The summed E-state index contributed by atoms with van der Waals surface area (Å²) in [4.78, 5) is 39.9. The predicted molar refractivity (Wildman–Crippen MR) is 80.9 cm³/mol. The highest BCUT2D eigenvalue weighted by Crippen LogP contribution is 2.20. The Morgan fingerprint density at radius 3 is 2.77 bits per heavy atom. The van der Waals surface area contributed by atoms with Crippen molar-refractivity contribution in [3.05, 3.63) is 46.4 Å². The minimum atomic E-state index is -1.00. The van der Waals surface area contributed by atoms with Gasteiger partial charge in [0, 0.05) is 11.9 Å². The highest BCUT2D eigenvalue weighted by molar-refractivity contribution is 5.98. The summed E-state index contributed by atoms with van der Waals surface area (Å²) in [5.74, 6) is -1.44. The SMILES string of the molecule is O=C(O)[C@@H]1CCCCN1C(=O)c1cc2ccccc2c(=O)[nH]1. The maximum absolute atomic E-state index is 12.6. The zero-order chi connectivity index (χ0) is 15.7. The molecule has 1 aliphatic rings. The third-order valence-electron chi connectivity index (χ3n) is 4.03. The van der Waals surface area contributed by atoms with Crippen molar-refractivity contribution < 1.29 is 14.7 Å². The summed E-state index contributed by atoms with van der Waals surface area (Å²) in [6.45, 7) is 0.394. The quantitative estimate of drug-likeness (QED) is 0.881. The van der Waals surface area contributed by atoms with Crippen LogP contribution in [0.4, 0.5) is 0 Å². The van der Waals surface area contributed by atoms with Crippen molar-refractivity contribution in [2.24, 2.45) is 0 Å². The zero-order valence-corrected chi connectivity index (χ0v) is 11.9. The van der Waals surface area contributed by atoms with Crippen molar-refractivity contribution in [1.82, 2.24) is 9.88 Å². The Labute approximate surface area is 126 Å². The zero-order valence-electron chi connectivity index (χ0n) is 11.9. The molecule has 0 saturated carbocycles. The second-order valence-electron chi connectivity index (χ2n) is 5.45. The van der Waals surface area contributed by atoms with Crippen LogP contribution in [0.25, 0.3) is 10.8 Å². The van der Waals surface area contributed by atoms with Crippen LogP contribution in [0.15, 0.2) is 35.1 Å². The molecule has 2 aromatic rings. The number of piperidine rings is 1. The topological polar surface area (TPSA) is 90.5 Å². The van der Waals surface area contributed by atoms with Gasteiger partial charge in [-0.25, -0.2) is 4.79 Å². The normalized spacial score (nSPS) is 18.4. The van der Waals surface area contributed by atoms with Crippen molar-refractivity contribution in [1.29, 1.82) is 0 Å². The summed E-state index contributed by atoms with van der Waals surface area (Å²) in [7, 11) is 0. The Morgan fingerprint density at radius 1 is 1.23 bits per heavy atom. The second-order valence-corrected chi connectivity index (χ2v) is 5.45. The summed E-state index contributed by atoms with van der Waals surface area (Å²) < 4.78 is 0. The summed E-state index contributed by atoms with van der Waals surface area (Å²) in [6.07, 6.45) is 2.00. The molecular formula is C16H16N2O4. The van der Waals surface area contributed by atoms with E-state index in [2.05, 4.69) is 4.98 Å². The van der Waals surface area contributed by atoms with E-state index in [1.54, 1.807) is 30.3 Å². The summed E-state index contributed by atoms with van der Waals surface area (Å²) in [5, 5.41) is 10.4. The van der Waals surface area contributed by atoms with E-state index in [1.807, 2.05) is 0 Å². The molecule has 0 aliphatic carbocycles. The Hall–Kier alpha value is -2.63. The highest BCUT2D eigenvalue weighted by Gasteiger charge is 2.32. The molecule has 6 nitrogen and oxygen atoms in total. The molecule has 1 aliphatic heterocycles. The molecule has 6 heteroatoms. The fourth-order valence-corrected chi connectivity index (χ4v) is 2.91. The number of hydrogen-bond donors (Lipinski definition) is 2. The van der Waals surface area contributed by atoms with Gasteiger partial charge >= 0.3 is 5.97 Å². The molecule has 0 unspecified atom stereocenters. The van der Waals surface area contributed by atoms with Gasteiger partial charge in [-0.05, 0) is 36.8 Å². The summed E-state index contributed by atoms with van der Waals surface area (Å²) in [5.41, 5.74) is -0.206. The third kappa shape index (κ3) is 2.47. The monoisotopic (exact) mass is 300 g/mol. The second kappa shape index (κ2) is 5.63. The smallest absolute Gasteiger partial charge is 0.326 e. The number of carbonyl (C=O) groups excluding carboxylic acids is 1. The van der Waals surface area contributed by atoms with E-state index >= 15 is 0 Å². The van der Waals surface area contributed by atoms with Crippen molar-refractivity contribution in [2.45, 2.75) is 25.3 Å². The van der Waals surface area contributed by atoms with E-state index in [0.717, 1.165) is 12.8 Å². The number of aromatic nitrogens is 1. The molecule has 1 fully saturated rings. The first kappa shape index (κ1) is 14.3. The van der Waals surface area contributed by atoms with Crippen LogP contribution in [-0.2, 0) is 4.79 Å². The number of pyridine rings is 1. The molecule has 114 valence electrons. The number of aliphatic carboxylic acids is 1. The lowest BCUT2D eigenvalue weighted by Gasteiger charge is -2.32. The standard InChI is InChI=1S/C16H16N2O4/c19-14-11-6-2-1-5-10(11)9-12(17-14)15(20)18-8-4-3-7-13(18)16(21)22/h1-2,5-6,9,13H,3-4,7-8H2,(H,17,19)(H,21,22)/t13-/m0/s1. The fourth-order valence-electron chi connectivity index (χ4n) is 2.91. The van der Waals surface area contributed by atoms with Crippen LogP contribution in [0.1, 0.15) is 29.8 Å². The number of aromatic amines is 1. The van der Waals surface area contributed by atoms with Crippen LogP contribution in [0, 0.1) is 0 Å². The number of carbonyl (C=O) groups is 2. The number of amides is 1. The number of benzene rings is 1. The maximum Gasteiger partial charge on any atom is 0.326 e. The third-order valence-corrected chi connectivity index (χ3v) is 4.03. The molecule has 1 aromatic carbocycles. The van der Waals surface area contributed by atoms with E-state index in [0.29, 0.717) is 23.7 Å². The van der Waals surface area contributed by atoms with Crippen molar-refractivity contribution in [3.8, 4) is 0 Å². The van der Waals surface area contributed by atoms with Gasteiger partial charge in [-0.15, -0.1) is 0 Å². The lowest BCUT2D eigenvalue weighted by Crippen LogP contribution is -2.48. The van der Waals surface area contributed by atoms with Crippen molar-refractivity contribution in [2.75, 3.05) is 6.54 Å². The minimum Gasteiger partial charge on any atom is -0.480 e. The molecule has 2 N–H and O–H groups in total. The number of fused-ring (bicyclic) bond motifs is 1. The van der Waals surface area contributed by atoms with E-state index in [4.69, 9.17) is 0 Å². The number of carboxylic acid groups (broad SMARTS) is 1. The van der Waals surface area contributed by atoms with Crippen molar-refractivity contribution >= 4 is 22.6 Å². The maximum atomic E-state index is 12.6. The first-order valence-corrected chi connectivity index (χ1v) is 7.24. The lowest BCUT2D eigenvalue weighted by atomic mass is 10.0. The molecule has 0 radical (unpaired) electrons. The highest BCUT2D eigenvalue weighted by atomic mass is 16.4.